The van der Waals surface area contributed by atoms with Crippen molar-refractivity contribution in [3.8, 4) is 6.07 Å². The summed E-state index contributed by atoms with van der Waals surface area (Å²) in [4.78, 5) is 11.6. The van der Waals surface area contributed by atoms with Crippen LogP contribution < -0.4 is 5.32 Å². The van der Waals surface area contributed by atoms with Crippen LogP contribution in [0.1, 0.15) is 5.56 Å². The zero-order chi connectivity index (χ0) is 15.3. The Labute approximate surface area is 112 Å². The Hall–Kier alpha value is -2.75. The molecule has 0 aliphatic carbocycles. The average molecular weight is 282 g/mol. The molecule has 0 fully saturated rings. The number of aliphatic hydroxyl groups is 1. The van der Waals surface area contributed by atoms with Gasteiger partial charge in [0.25, 0.3) is 5.91 Å². The van der Waals surface area contributed by atoms with E-state index in [4.69, 9.17) is 5.26 Å². The van der Waals surface area contributed by atoms with Crippen molar-refractivity contribution in [2.45, 2.75) is 6.18 Å². The summed E-state index contributed by atoms with van der Waals surface area (Å²) < 4.78 is 37.0. The van der Waals surface area contributed by atoms with Gasteiger partial charge in [-0.2, -0.15) is 18.4 Å². The summed E-state index contributed by atoms with van der Waals surface area (Å²) in [5.41, 5.74) is -1.38. The molecule has 0 saturated carbocycles. The van der Waals surface area contributed by atoms with Crippen LogP contribution in [0.15, 0.2) is 48.3 Å². The van der Waals surface area contributed by atoms with Gasteiger partial charge in [-0.3, -0.25) is 4.79 Å². The van der Waals surface area contributed by atoms with Crippen LogP contribution in [0.5, 0.6) is 0 Å². The number of anilines is 1. The van der Waals surface area contributed by atoms with E-state index in [0.29, 0.717) is 0 Å². The molecule has 0 aliphatic heterocycles. The van der Waals surface area contributed by atoms with E-state index in [1.807, 2.05) is 0 Å². The van der Waals surface area contributed by atoms with E-state index in [2.05, 4.69) is 11.9 Å². The molecule has 104 valence electrons. The molecule has 0 unspecified atom stereocenters. The fourth-order valence-electron chi connectivity index (χ4n) is 1.26. The molecular formula is C13H9F3N2O2. The molecule has 20 heavy (non-hydrogen) atoms. The van der Waals surface area contributed by atoms with Crippen LogP contribution in [-0.2, 0) is 11.0 Å². The number of hydrogen-bond acceptors (Lipinski definition) is 3. The molecule has 1 rings (SSSR count). The monoisotopic (exact) mass is 282 g/mol. The Morgan fingerprint density at radius 1 is 1.35 bits per heavy atom. The van der Waals surface area contributed by atoms with E-state index in [1.54, 1.807) is 0 Å². The zero-order valence-electron chi connectivity index (χ0n) is 10.0. The number of carbonyl (C=O) groups is 1. The molecule has 0 spiro atoms. The highest BCUT2D eigenvalue weighted by molar-refractivity contribution is 6.07. The summed E-state index contributed by atoms with van der Waals surface area (Å²) in [5, 5.41) is 20.1. The van der Waals surface area contributed by atoms with Crippen molar-refractivity contribution in [3.63, 3.8) is 0 Å². The van der Waals surface area contributed by atoms with Gasteiger partial charge in [0.2, 0.25) is 0 Å². The minimum Gasteiger partial charge on any atom is -0.506 e. The minimum atomic E-state index is -4.47. The van der Waals surface area contributed by atoms with E-state index >= 15 is 0 Å². The maximum absolute atomic E-state index is 12.3. The lowest BCUT2D eigenvalue weighted by Gasteiger charge is -2.08. The maximum atomic E-state index is 12.3. The van der Waals surface area contributed by atoms with Gasteiger partial charge in [0, 0.05) is 5.69 Å². The summed E-state index contributed by atoms with van der Waals surface area (Å²) in [6.07, 6.45) is -3.56. The number of hydrogen-bond donors (Lipinski definition) is 2. The van der Waals surface area contributed by atoms with E-state index in [1.165, 1.54) is 6.07 Å². The summed E-state index contributed by atoms with van der Waals surface area (Å²) in [7, 11) is 0. The summed E-state index contributed by atoms with van der Waals surface area (Å²) in [5.74, 6) is -1.55. The van der Waals surface area contributed by atoms with Gasteiger partial charge >= 0.3 is 6.18 Å². The molecular weight excluding hydrogens is 273 g/mol. The minimum absolute atomic E-state index is 0.0626. The Morgan fingerprint density at radius 2 is 1.90 bits per heavy atom. The van der Waals surface area contributed by atoms with Gasteiger partial charge in [-0.1, -0.05) is 6.58 Å². The molecule has 0 radical (unpaired) electrons. The van der Waals surface area contributed by atoms with Crippen molar-refractivity contribution in [2.24, 2.45) is 0 Å². The van der Waals surface area contributed by atoms with Crippen molar-refractivity contribution in [1.82, 2.24) is 0 Å². The SMILES string of the molecule is C=C/C(O)=C(\C#N)C(=O)Nc1ccc(C(F)(F)F)cc1. The van der Waals surface area contributed by atoms with Crippen LogP contribution >= 0.6 is 0 Å². The molecule has 1 aromatic carbocycles. The number of nitriles is 1. The quantitative estimate of drug-likeness (QED) is 0.387. The number of nitrogens with zero attached hydrogens (tertiary/aromatic N) is 1. The molecule has 4 nitrogen and oxygen atoms in total. The number of halogens is 3. The van der Waals surface area contributed by atoms with Gasteiger partial charge in [-0.15, -0.1) is 0 Å². The van der Waals surface area contributed by atoms with Crippen molar-refractivity contribution in [2.75, 3.05) is 5.32 Å². The van der Waals surface area contributed by atoms with E-state index in [-0.39, 0.29) is 5.69 Å². The summed E-state index contributed by atoms with van der Waals surface area (Å²) >= 11 is 0. The number of aliphatic hydroxyl groups excluding tert-OH is 1. The van der Waals surface area contributed by atoms with Crippen LogP contribution in [0.2, 0.25) is 0 Å². The lowest BCUT2D eigenvalue weighted by Crippen LogP contribution is -2.15. The summed E-state index contributed by atoms with van der Waals surface area (Å²) in [6.45, 7) is 3.19. The number of carbonyl (C=O) groups excluding carboxylic acids is 1. The van der Waals surface area contributed by atoms with Gasteiger partial charge < -0.3 is 10.4 Å². The highest BCUT2D eigenvalue weighted by atomic mass is 19.4. The van der Waals surface area contributed by atoms with Crippen molar-refractivity contribution < 1.29 is 23.1 Å². The van der Waals surface area contributed by atoms with Gasteiger partial charge in [0.05, 0.1) is 5.56 Å². The van der Waals surface area contributed by atoms with E-state index < -0.39 is 29.0 Å². The molecule has 1 aromatic rings. The third kappa shape index (κ3) is 3.62. The molecule has 2 N–H and O–H groups in total. The largest absolute Gasteiger partial charge is 0.506 e. The highest BCUT2D eigenvalue weighted by Gasteiger charge is 2.30. The lowest BCUT2D eigenvalue weighted by molar-refractivity contribution is -0.137. The molecule has 0 atom stereocenters. The molecule has 0 aromatic heterocycles. The van der Waals surface area contributed by atoms with E-state index in [0.717, 1.165) is 30.3 Å². The first-order valence-corrected chi connectivity index (χ1v) is 5.24. The highest BCUT2D eigenvalue weighted by Crippen LogP contribution is 2.29. The average Bonchev–Trinajstić information content (AvgIpc) is 2.38. The number of alkyl halides is 3. The predicted octanol–water partition coefficient (Wildman–Crippen LogP) is 3.17. The van der Waals surface area contributed by atoms with Gasteiger partial charge in [-0.25, -0.2) is 0 Å². The predicted molar refractivity (Wildman–Crippen MR) is 65.5 cm³/mol. The Balaban J connectivity index is 2.93. The number of amides is 1. The number of benzene rings is 1. The molecule has 7 heteroatoms. The first-order chi connectivity index (χ1) is 9.29. The summed E-state index contributed by atoms with van der Waals surface area (Å²) in [6, 6.07) is 5.14. The van der Waals surface area contributed by atoms with Crippen LogP contribution in [0, 0.1) is 11.3 Å². The fraction of sp³-hybridized carbons (Fsp3) is 0.0769. The van der Waals surface area contributed by atoms with Crippen LogP contribution in [0.3, 0.4) is 0 Å². The van der Waals surface area contributed by atoms with Crippen LogP contribution in [0.4, 0.5) is 18.9 Å². The van der Waals surface area contributed by atoms with E-state index in [9.17, 15) is 23.1 Å². The van der Waals surface area contributed by atoms with Crippen LogP contribution in [-0.4, -0.2) is 11.0 Å². The Morgan fingerprint density at radius 3 is 2.30 bits per heavy atom. The molecule has 0 aliphatic rings. The van der Waals surface area contributed by atoms with Crippen molar-refractivity contribution in [3.05, 3.63) is 53.8 Å². The number of rotatable bonds is 3. The number of allylic oxidation sites excluding steroid dienone is 1. The lowest BCUT2D eigenvalue weighted by atomic mass is 10.2. The first kappa shape index (κ1) is 15.3. The second-order valence-corrected chi connectivity index (χ2v) is 3.61. The van der Waals surface area contributed by atoms with Gasteiger partial charge in [-0.05, 0) is 30.3 Å². The Bertz CT molecular complexity index is 596. The van der Waals surface area contributed by atoms with Gasteiger partial charge in [0.15, 0.2) is 5.57 Å². The topological polar surface area (TPSA) is 73.1 Å². The number of nitrogens with one attached hydrogen (secondary N) is 1. The van der Waals surface area contributed by atoms with Crippen LogP contribution in [0.25, 0.3) is 0 Å². The maximum Gasteiger partial charge on any atom is 0.416 e. The second-order valence-electron chi connectivity index (χ2n) is 3.61. The second kappa shape index (κ2) is 5.93. The van der Waals surface area contributed by atoms with Crippen molar-refractivity contribution >= 4 is 11.6 Å². The molecule has 0 bridgehead atoms. The fourth-order valence-corrected chi connectivity index (χ4v) is 1.26. The standard InChI is InChI=1S/C13H9F3N2O2/c1-2-11(19)10(7-17)12(20)18-9-5-3-8(4-6-9)13(14,15)16/h2-6,19H,1H2,(H,18,20)/b11-10-. The third-order valence-corrected chi connectivity index (χ3v) is 2.26. The zero-order valence-corrected chi connectivity index (χ0v) is 10.0. The van der Waals surface area contributed by atoms with Crippen molar-refractivity contribution in [1.29, 1.82) is 5.26 Å². The first-order valence-electron chi connectivity index (χ1n) is 5.24. The smallest absolute Gasteiger partial charge is 0.416 e. The molecule has 0 heterocycles. The molecule has 1 amide bonds. The Kier molecular flexibility index (Phi) is 4.54. The molecule has 0 saturated heterocycles. The van der Waals surface area contributed by atoms with Gasteiger partial charge in [0.1, 0.15) is 11.8 Å². The normalized spacial score (nSPS) is 12.1. The third-order valence-electron chi connectivity index (χ3n) is 2.26.